The third kappa shape index (κ3) is 10.0. The first-order chi connectivity index (χ1) is 19.2. The molecule has 0 bridgehead atoms. The van der Waals surface area contributed by atoms with Crippen molar-refractivity contribution in [1.29, 1.82) is 0 Å². The van der Waals surface area contributed by atoms with E-state index >= 15 is 0 Å². The van der Waals surface area contributed by atoms with Crippen LogP contribution in [-0.2, 0) is 32.3 Å². The van der Waals surface area contributed by atoms with E-state index in [2.05, 4.69) is 16.0 Å². The predicted octanol–water partition coefficient (Wildman–Crippen LogP) is 3.52. The summed E-state index contributed by atoms with van der Waals surface area (Å²) in [5.74, 6) is -0.687. The van der Waals surface area contributed by atoms with Gasteiger partial charge < -0.3 is 25.0 Å². The highest BCUT2D eigenvalue weighted by molar-refractivity contribution is 5.97. The Morgan fingerprint density at radius 2 is 1.48 bits per heavy atom. The van der Waals surface area contributed by atoms with Gasteiger partial charge in [-0.1, -0.05) is 74.5 Å². The molecule has 40 heavy (non-hydrogen) atoms. The fourth-order valence-electron chi connectivity index (χ4n) is 4.23. The molecule has 2 aromatic rings. The summed E-state index contributed by atoms with van der Waals surface area (Å²) in [5.41, 5.74) is 1.58. The van der Waals surface area contributed by atoms with Crippen molar-refractivity contribution in [1.82, 2.24) is 20.9 Å². The molecule has 1 fully saturated rings. The second-order valence-electron chi connectivity index (χ2n) is 9.97. The monoisotopic (exact) mass is 552 g/mol. The minimum absolute atomic E-state index is 0.00917. The average Bonchev–Trinajstić information content (AvgIpc) is 3.11. The topological polar surface area (TPSA) is 143 Å². The van der Waals surface area contributed by atoms with Gasteiger partial charge >= 0.3 is 18.2 Å². The largest absolute Gasteiger partial charge is 0.445 e. The van der Waals surface area contributed by atoms with Gasteiger partial charge in [-0.3, -0.25) is 9.59 Å². The number of hydrogen-bond donors (Lipinski definition) is 3. The van der Waals surface area contributed by atoms with Crippen molar-refractivity contribution in [2.45, 2.75) is 58.4 Å². The Kier molecular flexibility index (Phi) is 11.5. The highest BCUT2D eigenvalue weighted by Crippen LogP contribution is 2.14. The van der Waals surface area contributed by atoms with Gasteiger partial charge in [0.15, 0.2) is 5.78 Å². The highest BCUT2D eigenvalue weighted by Gasteiger charge is 2.33. The number of alkyl carbamates (subject to hydrolysis) is 2. The lowest BCUT2D eigenvalue weighted by molar-refractivity contribution is -0.137. The zero-order valence-electron chi connectivity index (χ0n) is 22.8. The summed E-state index contributed by atoms with van der Waals surface area (Å²) in [6, 6.07) is 15.5. The van der Waals surface area contributed by atoms with Crippen LogP contribution >= 0.6 is 0 Å². The molecular weight excluding hydrogens is 516 g/mol. The predicted molar refractivity (Wildman–Crippen MR) is 146 cm³/mol. The van der Waals surface area contributed by atoms with Gasteiger partial charge in [0.2, 0.25) is 5.91 Å². The van der Waals surface area contributed by atoms with E-state index in [1.54, 1.807) is 24.3 Å². The van der Waals surface area contributed by atoms with E-state index in [4.69, 9.17) is 9.47 Å². The number of likely N-dealkylation sites (tertiary alicyclic amines) is 1. The number of Topliss-reactive ketones (excluding diaryl/α,β-unsaturated/α-hetero) is 1. The number of ether oxygens (including phenoxy) is 2. The normalized spacial score (nSPS) is 15.9. The number of amides is 5. The molecule has 0 unspecified atom stereocenters. The van der Waals surface area contributed by atoms with Crippen LogP contribution in [0.1, 0.15) is 44.2 Å². The number of imide groups is 1. The smallest absolute Gasteiger partial charge is 0.415 e. The van der Waals surface area contributed by atoms with Crippen molar-refractivity contribution in [2.75, 3.05) is 13.1 Å². The van der Waals surface area contributed by atoms with Crippen LogP contribution in [-0.4, -0.2) is 60.0 Å². The molecule has 0 aromatic heterocycles. The molecule has 1 aliphatic heterocycles. The van der Waals surface area contributed by atoms with Crippen molar-refractivity contribution >= 4 is 29.9 Å². The average molecular weight is 553 g/mol. The summed E-state index contributed by atoms with van der Waals surface area (Å²) in [6.07, 6.45) is -0.580. The van der Waals surface area contributed by atoms with E-state index in [1.165, 1.54) is 4.90 Å². The lowest BCUT2D eigenvalue weighted by Gasteiger charge is -2.27. The first-order valence-corrected chi connectivity index (χ1v) is 13.3. The minimum atomic E-state index is -0.944. The fourth-order valence-corrected chi connectivity index (χ4v) is 4.23. The standard InChI is InChI=1S/C29H36N4O7/c1-20(2)16-24(31-28(37)39-18-21-10-5-3-6-11-21)26(35)33-15-9-14-23(25(34)17-33)30-27(36)32-29(38)40-19-22-12-7-4-8-13-22/h3-8,10-13,20,23-24H,9,14-19H2,1-2H3,(H,31,37)(H2,30,32,36,38)/t23-,24+/m1/s1. The van der Waals surface area contributed by atoms with Crippen molar-refractivity contribution in [3.63, 3.8) is 0 Å². The number of nitrogens with one attached hydrogen (secondary N) is 3. The van der Waals surface area contributed by atoms with Gasteiger partial charge in [-0.05, 0) is 36.3 Å². The van der Waals surface area contributed by atoms with Gasteiger partial charge in [0.1, 0.15) is 19.3 Å². The van der Waals surface area contributed by atoms with Crippen LogP contribution in [0.2, 0.25) is 0 Å². The minimum Gasteiger partial charge on any atom is -0.445 e. The van der Waals surface area contributed by atoms with Crippen LogP contribution in [0, 0.1) is 5.92 Å². The van der Waals surface area contributed by atoms with E-state index in [0.717, 1.165) is 11.1 Å². The molecule has 1 saturated heterocycles. The number of rotatable bonds is 9. The Bertz CT molecular complexity index is 1160. The quantitative estimate of drug-likeness (QED) is 0.432. The van der Waals surface area contributed by atoms with Crippen LogP contribution in [0.3, 0.4) is 0 Å². The number of hydrogen-bond acceptors (Lipinski definition) is 7. The summed E-state index contributed by atoms with van der Waals surface area (Å²) in [4.78, 5) is 64.4. The van der Waals surface area contributed by atoms with E-state index < -0.39 is 36.2 Å². The van der Waals surface area contributed by atoms with Gasteiger partial charge in [-0.25, -0.2) is 19.7 Å². The molecule has 0 radical (unpaired) electrons. The number of nitrogens with zero attached hydrogens (tertiary/aromatic N) is 1. The molecule has 11 nitrogen and oxygen atoms in total. The zero-order chi connectivity index (χ0) is 28.9. The van der Waals surface area contributed by atoms with Crippen molar-refractivity contribution < 1.29 is 33.4 Å². The maximum atomic E-state index is 13.3. The molecular formula is C29H36N4O7. The van der Waals surface area contributed by atoms with Gasteiger partial charge in [-0.15, -0.1) is 0 Å². The Labute approximate surface area is 233 Å². The van der Waals surface area contributed by atoms with Crippen LogP contribution in [0.15, 0.2) is 60.7 Å². The molecule has 11 heteroatoms. The summed E-state index contributed by atoms with van der Waals surface area (Å²) >= 11 is 0. The Morgan fingerprint density at radius 1 is 0.900 bits per heavy atom. The van der Waals surface area contributed by atoms with Gasteiger partial charge in [0.05, 0.1) is 12.6 Å². The molecule has 214 valence electrons. The first-order valence-electron chi connectivity index (χ1n) is 13.3. The number of urea groups is 1. The van der Waals surface area contributed by atoms with E-state index in [9.17, 15) is 24.0 Å². The Balaban J connectivity index is 1.50. The third-order valence-electron chi connectivity index (χ3n) is 6.21. The molecule has 3 rings (SSSR count). The molecule has 1 heterocycles. The van der Waals surface area contributed by atoms with E-state index in [0.29, 0.717) is 12.8 Å². The molecule has 1 aliphatic rings. The SMILES string of the molecule is CC(C)C[C@H](NC(=O)OCc1ccccc1)C(=O)N1CCC[C@@H](NC(=O)NC(=O)OCc2ccccc2)C(=O)C1. The number of ketones is 1. The molecule has 5 amide bonds. The Morgan fingerprint density at radius 3 is 2.05 bits per heavy atom. The summed E-state index contributed by atoms with van der Waals surface area (Å²) in [5, 5.41) is 7.19. The first kappa shape index (κ1) is 30.1. The summed E-state index contributed by atoms with van der Waals surface area (Å²) < 4.78 is 10.3. The van der Waals surface area contributed by atoms with Gasteiger partial charge in [-0.2, -0.15) is 0 Å². The van der Waals surface area contributed by atoms with Gasteiger partial charge in [0, 0.05) is 6.54 Å². The number of carbonyl (C=O) groups is 5. The zero-order valence-corrected chi connectivity index (χ0v) is 22.8. The van der Waals surface area contributed by atoms with Crippen LogP contribution in [0.4, 0.5) is 14.4 Å². The van der Waals surface area contributed by atoms with Crippen LogP contribution < -0.4 is 16.0 Å². The van der Waals surface area contributed by atoms with Crippen molar-refractivity contribution in [2.24, 2.45) is 5.92 Å². The number of benzene rings is 2. The molecule has 3 N–H and O–H groups in total. The van der Waals surface area contributed by atoms with Crippen LogP contribution in [0.25, 0.3) is 0 Å². The van der Waals surface area contributed by atoms with E-state index in [1.807, 2.05) is 50.2 Å². The molecule has 0 spiro atoms. The molecule has 0 aliphatic carbocycles. The lowest BCUT2D eigenvalue weighted by Crippen LogP contribution is -2.52. The number of carbonyl (C=O) groups excluding carboxylic acids is 5. The second kappa shape index (κ2) is 15.2. The summed E-state index contributed by atoms with van der Waals surface area (Å²) in [7, 11) is 0. The summed E-state index contributed by atoms with van der Waals surface area (Å²) in [6.45, 7) is 3.94. The maximum Gasteiger partial charge on any atom is 0.415 e. The van der Waals surface area contributed by atoms with E-state index in [-0.39, 0.29) is 44.4 Å². The lowest BCUT2D eigenvalue weighted by atomic mass is 10.0. The van der Waals surface area contributed by atoms with Gasteiger partial charge in [0.25, 0.3) is 0 Å². The molecule has 2 aromatic carbocycles. The van der Waals surface area contributed by atoms with Crippen molar-refractivity contribution in [3.8, 4) is 0 Å². The molecule has 2 atom stereocenters. The Hall–Kier alpha value is -4.41. The van der Waals surface area contributed by atoms with Crippen molar-refractivity contribution in [3.05, 3.63) is 71.8 Å². The molecule has 0 saturated carbocycles. The fraction of sp³-hybridized carbons (Fsp3) is 0.414. The highest BCUT2D eigenvalue weighted by atomic mass is 16.6. The second-order valence-corrected chi connectivity index (χ2v) is 9.97. The van der Waals surface area contributed by atoms with Crippen LogP contribution in [0.5, 0.6) is 0 Å². The maximum absolute atomic E-state index is 13.3. The third-order valence-corrected chi connectivity index (χ3v) is 6.21.